The van der Waals surface area contributed by atoms with Gasteiger partial charge in [-0.05, 0) is 53.8 Å². The number of likely N-dealkylation sites (N-methyl/N-ethyl adjacent to an activating group) is 1. The van der Waals surface area contributed by atoms with Gasteiger partial charge in [-0.1, -0.05) is 66.2 Å². The Kier molecular flexibility index (Phi) is 7.89. The molecule has 0 saturated heterocycles. The highest BCUT2D eigenvalue weighted by Gasteiger charge is 2.24. The van der Waals surface area contributed by atoms with E-state index in [1.54, 1.807) is 14.2 Å². The molecule has 5 heteroatoms. The first kappa shape index (κ1) is 21.9. The number of carbonyl (C=O) groups is 1. The summed E-state index contributed by atoms with van der Waals surface area (Å²) in [6.45, 7) is 0. The Hall–Kier alpha value is -2.82. The van der Waals surface area contributed by atoms with Gasteiger partial charge in [0.2, 0.25) is 5.91 Å². The van der Waals surface area contributed by atoms with E-state index in [0.717, 1.165) is 29.7 Å². The molecule has 0 bridgehead atoms. The molecule has 0 unspecified atom stereocenters. The van der Waals surface area contributed by atoms with Crippen molar-refractivity contribution in [3.8, 4) is 5.75 Å². The zero-order chi connectivity index (χ0) is 21.3. The summed E-state index contributed by atoms with van der Waals surface area (Å²) in [7, 11) is 3.33. The van der Waals surface area contributed by atoms with E-state index in [1.807, 2.05) is 66.7 Å². The maximum Gasteiger partial charge on any atom is 0.241 e. The van der Waals surface area contributed by atoms with Crippen LogP contribution < -0.4 is 15.4 Å². The largest absolute Gasteiger partial charge is 0.497 e. The van der Waals surface area contributed by atoms with Crippen molar-refractivity contribution in [2.45, 2.75) is 24.9 Å². The Morgan fingerprint density at radius 3 is 2.20 bits per heavy atom. The zero-order valence-corrected chi connectivity index (χ0v) is 18.0. The number of hydrogen-bond donors (Lipinski definition) is 2. The second-order valence-corrected chi connectivity index (χ2v) is 7.55. The van der Waals surface area contributed by atoms with E-state index in [-0.39, 0.29) is 11.9 Å². The Bertz CT molecular complexity index is 928. The van der Waals surface area contributed by atoms with E-state index in [2.05, 4.69) is 22.8 Å². The molecule has 3 aromatic rings. The fourth-order valence-electron chi connectivity index (χ4n) is 3.46. The number of hydrogen-bond acceptors (Lipinski definition) is 3. The molecular formula is C25H27ClN2O2. The Balaban J connectivity index is 1.83. The van der Waals surface area contributed by atoms with Crippen molar-refractivity contribution in [3.05, 3.63) is 101 Å². The number of amides is 1. The van der Waals surface area contributed by atoms with Crippen LogP contribution in [0.5, 0.6) is 5.75 Å². The number of halogens is 1. The molecule has 4 nitrogen and oxygen atoms in total. The highest BCUT2D eigenvalue weighted by atomic mass is 35.5. The minimum Gasteiger partial charge on any atom is -0.497 e. The third kappa shape index (κ3) is 5.85. The number of aryl methyl sites for hydroxylation is 1. The van der Waals surface area contributed by atoms with Crippen molar-refractivity contribution < 1.29 is 9.53 Å². The van der Waals surface area contributed by atoms with E-state index in [9.17, 15) is 4.79 Å². The molecule has 0 aliphatic carbocycles. The molecule has 3 rings (SSSR count). The molecule has 2 N–H and O–H groups in total. The summed E-state index contributed by atoms with van der Waals surface area (Å²) in [6, 6.07) is 25.2. The summed E-state index contributed by atoms with van der Waals surface area (Å²) in [5, 5.41) is 7.04. The first-order valence-electron chi connectivity index (χ1n) is 10.0. The van der Waals surface area contributed by atoms with Crippen LogP contribution >= 0.6 is 11.6 Å². The minimum absolute atomic E-state index is 0.0214. The van der Waals surface area contributed by atoms with Gasteiger partial charge in [-0.25, -0.2) is 0 Å². The van der Waals surface area contributed by atoms with Gasteiger partial charge in [0.1, 0.15) is 11.8 Å². The van der Waals surface area contributed by atoms with Gasteiger partial charge in [-0.3, -0.25) is 10.1 Å². The molecule has 0 radical (unpaired) electrons. The van der Waals surface area contributed by atoms with Crippen LogP contribution in [0, 0.1) is 0 Å². The van der Waals surface area contributed by atoms with Crippen molar-refractivity contribution >= 4 is 17.5 Å². The van der Waals surface area contributed by atoms with Gasteiger partial charge in [0, 0.05) is 18.1 Å². The smallest absolute Gasteiger partial charge is 0.241 e. The SMILES string of the molecule is CNC(=O)[C@H](N[C@@H](CCc1ccc(OC)cc1)c1ccc(Cl)cc1)c1ccccc1. The number of rotatable bonds is 9. The van der Waals surface area contributed by atoms with Gasteiger partial charge in [-0.2, -0.15) is 0 Å². The van der Waals surface area contributed by atoms with E-state index in [0.29, 0.717) is 5.02 Å². The molecule has 0 aliphatic rings. The van der Waals surface area contributed by atoms with E-state index in [4.69, 9.17) is 16.3 Å². The molecule has 1 amide bonds. The van der Waals surface area contributed by atoms with E-state index < -0.39 is 6.04 Å². The third-order valence-corrected chi connectivity index (χ3v) is 5.41. The van der Waals surface area contributed by atoms with Gasteiger partial charge in [0.15, 0.2) is 0 Å². The Morgan fingerprint density at radius 1 is 0.933 bits per heavy atom. The zero-order valence-electron chi connectivity index (χ0n) is 17.3. The number of methoxy groups -OCH3 is 1. The lowest BCUT2D eigenvalue weighted by Crippen LogP contribution is -2.38. The van der Waals surface area contributed by atoms with Crippen LogP contribution in [-0.2, 0) is 11.2 Å². The molecule has 2 atom stereocenters. The van der Waals surface area contributed by atoms with Crippen LogP contribution in [-0.4, -0.2) is 20.1 Å². The fraction of sp³-hybridized carbons (Fsp3) is 0.240. The highest BCUT2D eigenvalue weighted by molar-refractivity contribution is 6.30. The summed E-state index contributed by atoms with van der Waals surface area (Å²) < 4.78 is 5.25. The highest BCUT2D eigenvalue weighted by Crippen LogP contribution is 2.26. The molecule has 0 aromatic heterocycles. The van der Waals surface area contributed by atoms with Crippen molar-refractivity contribution in [2.24, 2.45) is 0 Å². The molecule has 30 heavy (non-hydrogen) atoms. The summed E-state index contributed by atoms with van der Waals surface area (Å²) in [4.78, 5) is 12.7. The van der Waals surface area contributed by atoms with E-state index in [1.165, 1.54) is 5.56 Å². The van der Waals surface area contributed by atoms with Crippen LogP contribution in [0.2, 0.25) is 5.02 Å². The average molecular weight is 423 g/mol. The topological polar surface area (TPSA) is 50.4 Å². The van der Waals surface area contributed by atoms with Crippen molar-refractivity contribution in [1.29, 1.82) is 0 Å². The Labute approximate surface area is 183 Å². The predicted molar refractivity (Wildman–Crippen MR) is 122 cm³/mol. The lowest BCUT2D eigenvalue weighted by molar-refractivity contribution is -0.123. The normalized spacial score (nSPS) is 12.8. The number of nitrogens with one attached hydrogen (secondary N) is 2. The summed E-state index contributed by atoms with van der Waals surface area (Å²) in [5.41, 5.74) is 3.24. The van der Waals surface area contributed by atoms with Crippen LogP contribution in [0.1, 0.15) is 35.2 Å². The maximum absolute atomic E-state index is 12.7. The third-order valence-electron chi connectivity index (χ3n) is 5.16. The maximum atomic E-state index is 12.7. The molecule has 3 aromatic carbocycles. The van der Waals surface area contributed by atoms with Crippen LogP contribution in [0.4, 0.5) is 0 Å². The first-order valence-corrected chi connectivity index (χ1v) is 10.4. The summed E-state index contributed by atoms with van der Waals surface area (Å²) >= 11 is 6.10. The Morgan fingerprint density at radius 2 is 1.60 bits per heavy atom. The quantitative estimate of drug-likeness (QED) is 0.504. The molecular weight excluding hydrogens is 396 g/mol. The minimum atomic E-state index is -0.451. The van der Waals surface area contributed by atoms with Crippen molar-refractivity contribution in [3.63, 3.8) is 0 Å². The van der Waals surface area contributed by atoms with Crippen molar-refractivity contribution in [1.82, 2.24) is 10.6 Å². The van der Waals surface area contributed by atoms with Gasteiger partial charge in [0.05, 0.1) is 7.11 Å². The van der Waals surface area contributed by atoms with Gasteiger partial charge in [-0.15, -0.1) is 0 Å². The van der Waals surface area contributed by atoms with Crippen LogP contribution in [0.25, 0.3) is 0 Å². The molecule has 0 aliphatic heterocycles. The molecule has 0 saturated carbocycles. The molecule has 0 fully saturated rings. The number of ether oxygens (including phenoxy) is 1. The average Bonchev–Trinajstić information content (AvgIpc) is 2.80. The lowest BCUT2D eigenvalue weighted by atomic mass is 9.96. The van der Waals surface area contributed by atoms with Gasteiger partial charge < -0.3 is 10.1 Å². The molecule has 0 spiro atoms. The van der Waals surface area contributed by atoms with Crippen molar-refractivity contribution in [2.75, 3.05) is 14.2 Å². The second-order valence-electron chi connectivity index (χ2n) is 7.12. The van der Waals surface area contributed by atoms with Gasteiger partial charge >= 0.3 is 0 Å². The summed E-state index contributed by atoms with van der Waals surface area (Å²) in [5.74, 6) is 0.777. The number of benzene rings is 3. The summed E-state index contributed by atoms with van der Waals surface area (Å²) in [6.07, 6.45) is 1.69. The van der Waals surface area contributed by atoms with Gasteiger partial charge in [0.25, 0.3) is 0 Å². The lowest BCUT2D eigenvalue weighted by Gasteiger charge is -2.26. The predicted octanol–water partition coefficient (Wildman–Crippen LogP) is 5.10. The first-order chi connectivity index (χ1) is 14.6. The monoisotopic (exact) mass is 422 g/mol. The standard InChI is InChI=1S/C25H27ClN2O2/c1-27-25(29)24(20-6-4-3-5-7-20)28-23(19-11-13-21(26)14-12-19)17-10-18-8-15-22(30-2)16-9-18/h3-9,11-16,23-24,28H,10,17H2,1-2H3,(H,27,29)/t23-,24+/m0/s1. The van der Waals surface area contributed by atoms with Crippen LogP contribution in [0.3, 0.4) is 0 Å². The fourth-order valence-corrected chi connectivity index (χ4v) is 3.58. The molecule has 0 heterocycles. The van der Waals surface area contributed by atoms with E-state index >= 15 is 0 Å². The molecule has 156 valence electrons. The van der Waals surface area contributed by atoms with Crippen LogP contribution in [0.15, 0.2) is 78.9 Å². The second kappa shape index (κ2) is 10.8. The number of carbonyl (C=O) groups excluding carboxylic acids is 1.